The molecule has 0 heterocycles. The van der Waals surface area contributed by atoms with Crippen LogP contribution in [0, 0.1) is 0 Å². The smallest absolute Gasteiger partial charge is 0.0662 e. The third-order valence-corrected chi connectivity index (χ3v) is 5.34. The molecule has 0 saturated carbocycles. The number of hydrogen-bond donors (Lipinski definition) is 2. The van der Waals surface area contributed by atoms with Gasteiger partial charge >= 0.3 is 0 Å². The third kappa shape index (κ3) is 122. The standard InChI is InChI=1S/C20H42O.C6H14.C2H6O2.5C2H4/c1-3-5-7-9-11-13-15-17-19-21-20-18-16-14-12-10-8-6-4-2;1-3-5-6-4-2;3-1-2-4;5*1-2/h3-20H2,1-2H3;3-6H2,1-2H3;3-4H,1-2H2;5*1-2H2. The molecule has 0 rings (SSSR count). The molecule has 0 saturated heterocycles. The Labute approximate surface area is 263 Å². The average Bonchev–Trinajstić information content (AvgIpc) is 3.06. The molecule has 0 amide bonds. The van der Waals surface area contributed by atoms with E-state index in [1.54, 1.807) is 0 Å². The summed E-state index contributed by atoms with van der Waals surface area (Å²) >= 11 is 0. The minimum Gasteiger partial charge on any atom is -0.394 e. The van der Waals surface area contributed by atoms with Crippen LogP contribution >= 0.6 is 0 Å². The molecule has 3 heteroatoms. The maximum Gasteiger partial charge on any atom is 0.0662 e. The molecular formula is C38H82O3. The molecule has 0 aliphatic carbocycles. The lowest BCUT2D eigenvalue weighted by molar-refractivity contribution is 0.125. The summed E-state index contributed by atoms with van der Waals surface area (Å²) in [6.07, 6.45) is 27.8. The zero-order valence-corrected chi connectivity index (χ0v) is 29.3. The molecule has 0 aliphatic heterocycles. The van der Waals surface area contributed by atoms with Gasteiger partial charge in [0.15, 0.2) is 0 Å². The van der Waals surface area contributed by atoms with Crippen molar-refractivity contribution in [2.45, 2.75) is 156 Å². The van der Waals surface area contributed by atoms with E-state index in [1.807, 2.05) is 0 Å². The molecule has 0 spiro atoms. The summed E-state index contributed by atoms with van der Waals surface area (Å²) in [6, 6.07) is 0. The molecule has 2 N–H and O–H groups in total. The SMILES string of the molecule is C=C.C=C.C=C.C=C.C=C.CCCCCC.CCCCCCCCCCOCCCCCCCCCC.OCCO. The van der Waals surface area contributed by atoms with Crippen LogP contribution in [-0.2, 0) is 4.74 Å². The van der Waals surface area contributed by atoms with E-state index in [2.05, 4.69) is 93.5 Å². The van der Waals surface area contributed by atoms with E-state index in [0.29, 0.717) is 0 Å². The summed E-state index contributed by atoms with van der Waals surface area (Å²) in [5, 5.41) is 15.2. The molecule has 0 radical (unpaired) electrons. The molecule has 0 atom stereocenters. The number of aliphatic hydroxyl groups is 2. The van der Waals surface area contributed by atoms with Gasteiger partial charge in [-0.15, -0.1) is 65.8 Å². The van der Waals surface area contributed by atoms with Gasteiger partial charge in [-0.05, 0) is 12.8 Å². The Morgan fingerprint density at radius 1 is 0.317 bits per heavy atom. The summed E-state index contributed by atoms with van der Waals surface area (Å²) in [5.41, 5.74) is 0. The van der Waals surface area contributed by atoms with Gasteiger partial charge in [-0.3, -0.25) is 0 Å². The maximum absolute atomic E-state index is 7.62. The quantitative estimate of drug-likeness (QED) is 0.0979. The fourth-order valence-electron chi connectivity index (χ4n) is 3.28. The lowest BCUT2D eigenvalue weighted by Gasteiger charge is -2.05. The molecule has 3 nitrogen and oxygen atoms in total. The maximum atomic E-state index is 7.62. The Morgan fingerprint density at radius 2 is 0.488 bits per heavy atom. The van der Waals surface area contributed by atoms with Crippen LogP contribution in [0.15, 0.2) is 65.8 Å². The largest absolute Gasteiger partial charge is 0.394 e. The van der Waals surface area contributed by atoms with Crippen molar-refractivity contribution < 1.29 is 14.9 Å². The Kier molecular flexibility index (Phi) is 141. The van der Waals surface area contributed by atoms with Crippen molar-refractivity contribution in [3.05, 3.63) is 65.8 Å². The lowest BCUT2D eigenvalue weighted by atomic mass is 10.1. The normalized spacial score (nSPS) is 8.24. The first-order chi connectivity index (χ1) is 20.2. The zero-order valence-electron chi connectivity index (χ0n) is 29.3. The van der Waals surface area contributed by atoms with E-state index in [-0.39, 0.29) is 13.2 Å². The van der Waals surface area contributed by atoms with Crippen LogP contribution in [0.25, 0.3) is 0 Å². The Balaban J connectivity index is -0.0000000744. The van der Waals surface area contributed by atoms with Crippen LogP contribution in [0.1, 0.15) is 156 Å². The van der Waals surface area contributed by atoms with Gasteiger partial charge in [-0.1, -0.05) is 143 Å². The van der Waals surface area contributed by atoms with Crippen molar-refractivity contribution in [2.24, 2.45) is 0 Å². The monoisotopic (exact) mass is 587 g/mol. The zero-order chi connectivity index (χ0) is 33.7. The summed E-state index contributed by atoms with van der Waals surface area (Å²) in [6.45, 7) is 40.8. The second-order valence-corrected chi connectivity index (χ2v) is 8.72. The number of ether oxygens (including phenoxy) is 1. The molecular weight excluding hydrogens is 504 g/mol. The van der Waals surface area contributed by atoms with Crippen molar-refractivity contribution in [3.63, 3.8) is 0 Å². The highest BCUT2D eigenvalue weighted by Gasteiger charge is 1.94. The first-order valence-corrected chi connectivity index (χ1v) is 16.5. The van der Waals surface area contributed by atoms with Crippen molar-refractivity contribution >= 4 is 0 Å². The topological polar surface area (TPSA) is 49.7 Å². The van der Waals surface area contributed by atoms with Gasteiger partial charge < -0.3 is 14.9 Å². The van der Waals surface area contributed by atoms with E-state index in [9.17, 15) is 0 Å². The van der Waals surface area contributed by atoms with Gasteiger partial charge in [-0.2, -0.15) is 0 Å². The van der Waals surface area contributed by atoms with Crippen LogP contribution in [-0.4, -0.2) is 36.6 Å². The van der Waals surface area contributed by atoms with Gasteiger partial charge in [0.05, 0.1) is 13.2 Å². The molecule has 0 aromatic rings. The Morgan fingerprint density at radius 3 is 0.683 bits per heavy atom. The van der Waals surface area contributed by atoms with Crippen molar-refractivity contribution in [1.82, 2.24) is 0 Å². The second-order valence-electron chi connectivity index (χ2n) is 8.72. The Bertz CT molecular complexity index is 274. The van der Waals surface area contributed by atoms with Gasteiger partial charge in [0.2, 0.25) is 0 Å². The molecule has 0 aromatic heterocycles. The van der Waals surface area contributed by atoms with Gasteiger partial charge in [0.1, 0.15) is 0 Å². The van der Waals surface area contributed by atoms with E-state index < -0.39 is 0 Å². The Hall–Kier alpha value is -1.42. The summed E-state index contributed by atoms with van der Waals surface area (Å²) in [5.74, 6) is 0. The highest BCUT2D eigenvalue weighted by molar-refractivity contribution is 4.48. The summed E-state index contributed by atoms with van der Waals surface area (Å²) in [4.78, 5) is 0. The van der Waals surface area contributed by atoms with Crippen molar-refractivity contribution in [3.8, 4) is 0 Å². The highest BCUT2D eigenvalue weighted by atomic mass is 16.5. The van der Waals surface area contributed by atoms with Gasteiger partial charge in [0.25, 0.3) is 0 Å². The molecule has 252 valence electrons. The predicted octanol–water partition coefficient (Wildman–Crippen LogP) is 12.9. The molecule has 0 aliphatic rings. The van der Waals surface area contributed by atoms with Gasteiger partial charge in [0, 0.05) is 13.2 Å². The number of rotatable bonds is 22. The van der Waals surface area contributed by atoms with E-state index in [4.69, 9.17) is 14.9 Å². The number of aliphatic hydroxyl groups excluding tert-OH is 2. The first kappa shape index (κ1) is 59.1. The van der Waals surface area contributed by atoms with E-state index >= 15 is 0 Å². The van der Waals surface area contributed by atoms with Crippen molar-refractivity contribution in [2.75, 3.05) is 26.4 Å². The molecule has 41 heavy (non-hydrogen) atoms. The average molecular weight is 587 g/mol. The molecule has 0 aromatic carbocycles. The van der Waals surface area contributed by atoms with Gasteiger partial charge in [-0.25, -0.2) is 0 Å². The number of hydrogen-bond acceptors (Lipinski definition) is 3. The van der Waals surface area contributed by atoms with Crippen molar-refractivity contribution in [1.29, 1.82) is 0 Å². The van der Waals surface area contributed by atoms with E-state index in [0.717, 1.165) is 13.2 Å². The van der Waals surface area contributed by atoms with Crippen LogP contribution in [0.3, 0.4) is 0 Å². The minimum atomic E-state index is -0.125. The second kappa shape index (κ2) is 98.0. The summed E-state index contributed by atoms with van der Waals surface area (Å²) in [7, 11) is 0. The molecule has 0 unspecified atom stereocenters. The fraction of sp³-hybridized carbons (Fsp3) is 0.737. The fourth-order valence-corrected chi connectivity index (χ4v) is 3.28. The first-order valence-electron chi connectivity index (χ1n) is 16.5. The predicted molar refractivity (Wildman–Crippen MR) is 196 cm³/mol. The lowest BCUT2D eigenvalue weighted by Crippen LogP contribution is -1.97. The number of unbranched alkanes of at least 4 members (excludes halogenated alkanes) is 17. The van der Waals surface area contributed by atoms with E-state index in [1.165, 1.54) is 128 Å². The molecule has 0 bridgehead atoms. The van der Waals surface area contributed by atoms with Crippen LogP contribution in [0.4, 0.5) is 0 Å². The molecule has 0 fully saturated rings. The summed E-state index contributed by atoms with van der Waals surface area (Å²) < 4.78 is 5.72. The van der Waals surface area contributed by atoms with Crippen LogP contribution in [0.2, 0.25) is 0 Å². The van der Waals surface area contributed by atoms with Crippen LogP contribution < -0.4 is 0 Å². The minimum absolute atomic E-state index is 0.125. The highest BCUT2D eigenvalue weighted by Crippen LogP contribution is 2.10. The third-order valence-electron chi connectivity index (χ3n) is 5.34. The van der Waals surface area contributed by atoms with Crippen LogP contribution in [0.5, 0.6) is 0 Å².